The normalized spacial score (nSPS) is 11.8. The Balaban J connectivity index is 2.47. The molecule has 2 aromatic rings. The van der Waals surface area contributed by atoms with Crippen LogP contribution in [0, 0.1) is 6.92 Å². The number of hydrogen-bond donors (Lipinski definition) is 1. The minimum absolute atomic E-state index is 0.0958. The molecule has 1 aromatic carbocycles. The van der Waals surface area contributed by atoms with Crippen LogP contribution in [0.2, 0.25) is 0 Å². The molecule has 0 bridgehead atoms. The third kappa shape index (κ3) is 2.24. The predicted molar refractivity (Wildman–Crippen MR) is 70.4 cm³/mol. The number of aromatic nitrogens is 2. The number of aryl methyl sites for hydroxylation is 1. The molecule has 0 fully saturated rings. The first-order valence-electron chi connectivity index (χ1n) is 5.83. The molecule has 1 aromatic heterocycles. The topological polar surface area (TPSA) is 29.9 Å². The molecular formula is C14H19N3. The minimum atomic E-state index is -0.0958. The van der Waals surface area contributed by atoms with Gasteiger partial charge in [-0.2, -0.15) is 0 Å². The van der Waals surface area contributed by atoms with E-state index in [0.717, 1.165) is 11.4 Å². The van der Waals surface area contributed by atoms with E-state index in [9.17, 15) is 0 Å². The highest BCUT2D eigenvalue weighted by Crippen LogP contribution is 2.22. The van der Waals surface area contributed by atoms with Gasteiger partial charge in [0.25, 0.3) is 0 Å². The lowest BCUT2D eigenvalue weighted by Gasteiger charge is -2.25. The molecule has 1 N–H and O–H groups in total. The van der Waals surface area contributed by atoms with Gasteiger partial charge in [0, 0.05) is 5.69 Å². The summed E-state index contributed by atoms with van der Waals surface area (Å²) in [4.78, 5) is 4.26. The van der Waals surface area contributed by atoms with Crippen molar-refractivity contribution in [3.63, 3.8) is 0 Å². The Bertz CT molecular complexity index is 494. The van der Waals surface area contributed by atoms with E-state index in [2.05, 4.69) is 59.9 Å². The van der Waals surface area contributed by atoms with Gasteiger partial charge in [-0.05, 0) is 40.0 Å². The molecular weight excluding hydrogens is 210 g/mol. The second-order valence-corrected chi connectivity index (χ2v) is 4.86. The van der Waals surface area contributed by atoms with Gasteiger partial charge in [0.2, 0.25) is 0 Å². The summed E-state index contributed by atoms with van der Waals surface area (Å²) in [5.74, 6) is 0. The summed E-state index contributed by atoms with van der Waals surface area (Å²) in [7, 11) is 1.96. The summed E-state index contributed by atoms with van der Waals surface area (Å²) < 4.78 is 2.12. The number of hydrogen-bond acceptors (Lipinski definition) is 2. The highest BCUT2D eigenvalue weighted by atomic mass is 15.1. The van der Waals surface area contributed by atoms with Crippen molar-refractivity contribution in [1.82, 2.24) is 14.9 Å². The van der Waals surface area contributed by atoms with Gasteiger partial charge in [-0.15, -0.1) is 0 Å². The van der Waals surface area contributed by atoms with Crippen LogP contribution < -0.4 is 5.32 Å². The zero-order valence-electron chi connectivity index (χ0n) is 10.9. The van der Waals surface area contributed by atoms with E-state index in [1.807, 2.05) is 19.6 Å². The van der Waals surface area contributed by atoms with E-state index in [1.165, 1.54) is 5.56 Å². The van der Waals surface area contributed by atoms with Crippen LogP contribution in [0.4, 0.5) is 0 Å². The van der Waals surface area contributed by atoms with E-state index < -0.39 is 0 Å². The van der Waals surface area contributed by atoms with E-state index >= 15 is 0 Å². The standard InChI is InChI=1S/C14H19N3/c1-11-5-7-12(8-6-11)17-10-16-9-13(17)14(2,3)15-4/h5-10,15H,1-4H3. The van der Waals surface area contributed by atoms with Crippen LogP contribution in [0.1, 0.15) is 25.1 Å². The van der Waals surface area contributed by atoms with Crippen LogP contribution in [-0.2, 0) is 5.54 Å². The first-order valence-corrected chi connectivity index (χ1v) is 5.83. The van der Waals surface area contributed by atoms with Crippen LogP contribution in [0.3, 0.4) is 0 Å². The van der Waals surface area contributed by atoms with Crippen LogP contribution in [0.25, 0.3) is 5.69 Å². The Morgan fingerprint density at radius 2 is 1.82 bits per heavy atom. The fraction of sp³-hybridized carbons (Fsp3) is 0.357. The lowest BCUT2D eigenvalue weighted by Crippen LogP contribution is -2.35. The molecule has 90 valence electrons. The van der Waals surface area contributed by atoms with Crippen molar-refractivity contribution < 1.29 is 0 Å². The number of benzene rings is 1. The third-order valence-corrected chi connectivity index (χ3v) is 3.22. The number of nitrogens with one attached hydrogen (secondary N) is 1. The van der Waals surface area contributed by atoms with Gasteiger partial charge in [0.05, 0.1) is 23.8 Å². The van der Waals surface area contributed by atoms with Gasteiger partial charge < -0.3 is 9.88 Å². The van der Waals surface area contributed by atoms with Gasteiger partial charge in [0.15, 0.2) is 0 Å². The highest BCUT2D eigenvalue weighted by molar-refractivity contribution is 5.37. The van der Waals surface area contributed by atoms with E-state index in [4.69, 9.17) is 0 Å². The number of rotatable bonds is 3. The quantitative estimate of drug-likeness (QED) is 0.877. The average molecular weight is 229 g/mol. The van der Waals surface area contributed by atoms with Crippen LogP contribution in [0.5, 0.6) is 0 Å². The molecule has 0 unspecified atom stereocenters. The Hall–Kier alpha value is -1.61. The maximum absolute atomic E-state index is 4.26. The predicted octanol–water partition coefficient (Wildman–Crippen LogP) is 2.64. The summed E-state index contributed by atoms with van der Waals surface area (Å²) in [5, 5.41) is 3.30. The molecule has 0 aliphatic carbocycles. The summed E-state index contributed by atoms with van der Waals surface area (Å²) >= 11 is 0. The van der Waals surface area contributed by atoms with Crippen molar-refractivity contribution in [3.8, 4) is 5.69 Å². The lowest BCUT2D eigenvalue weighted by molar-refractivity contribution is 0.425. The molecule has 0 aliphatic rings. The van der Waals surface area contributed by atoms with Gasteiger partial charge in [-0.25, -0.2) is 4.98 Å². The molecule has 3 nitrogen and oxygen atoms in total. The summed E-state index contributed by atoms with van der Waals surface area (Å²) in [6.07, 6.45) is 3.77. The molecule has 0 saturated heterocycles. The summed E-state index contributed by atoms with van der Waals surface area (Å²) in [6, 6.07) is 8.47. The largest absolute Gasteiger partial charge is 0.310 e. The zero-order valence-corrected chi connectivity index (χ0v) is 10.9. The maximum Gasteiger partial charge on any atom is 0.0994 e. The Morgan fingerprint density at radius 1 is 1.18 bits per heavy atom. The second-order valence-electron chi connectivity index (χ2n) is 4.86. The fourth-order valence-electron chi connectivity index (χ4n) is 1.80. The van der Waals surface area contributed by atoms with Gasteiger partial charge in [-0.1, -0.05) is 17.7 Å². The summed E-state index contributed by atoms with van der Waals surface area (Å²) in [5.41, 5.74) is 3.47. The molecule has 3 heteroatoms. The first-order chi connectivity index (χ1) is 8.04. The zero-order chi connectivity index (χ0) is 12.5. The van der Waals surface area contributed by atoms with E-state index in [1.54, 1.807) is 0 Å². The van der Waals surface area contributed by atoms with Crippen molar-refractivity contribution in [3.05, 3.63) is 48.0 Å². The van der Waals surface area contributed by atoms with E-state index in [-0.39, 0.29) is 5.54 Å². The Kier molecular flexibility index (Phi) is 3.03. The maximum atomic E-state index is 4.26. The Morgan fingerprint density at radius 3 is 2.41 bits per heavy atom. The van der Waals surface area contributed by atoms with Crippen LogP contribution in [0.15, 0.2) is 36.8 Å². The highest BCUT2D eigenvalue weighted by Gasteiger charge is 2.22. The van der Waals surface area contributed by atoms with Crippen molar-refractivity contribution in [2.24, 2.45) is 0 Å². The van der Waals surface area contributed by atoms with Crippen molar-refractivity contribution in [2.45, 2.75) is 26.3 Å². The number of imidazole rings is 1. The lowest BCUT2D eigenvalue weighted by atomic mass is 10.0. The fourth-order valence-corrected chi connectivity index (χ4v) is 1.80. The SMILES string of the molecule is CNC(C)(C)c1cncn1-c1ccc(C)cc1. The van der Waals surface area contributed by atoms with Gasteiger partial charge in [0.1, 0.15) is 0 Å². The molecule has 0 atom stereocenters. The van der Waals surface area contributed by atoms with Crippen molar-refractivity contribution in [1.29, 1.82) is 0 Å². The van der Waals surface area contributed by atoms with Crippen molar-refractivity contribution >= 4 is 0 Å². The average Bonchev–Trinajstić information content (AvgIpc) is 2.80. The summed E-state index contributed by atoms with van der Waals surface area (Å²) in [6.45, 7) is 6.39. The van der Waals surface area contributed by atoms with Crippen LogP contribution >= 0.6 is 0 Å². The monoisotopic (exact) mass is 229 g/mol. The molecule has 0 spiro atoms. The molecule has 0 aliphatic heterocycles. The minimum Gasteiger partial charge on any atom is -0.310 e. The van der Waals surface area contributed by atoms with Crippen molar-refractivity contribution in [2.75, 3.05) is 7.05 Å². The first kappa shape index (κ1) is 11.9. The molecule has 0 saturated carbocycles. The molecule has 2 rings (SSSR count). The Labute approximate surface area is 103 Å². The molecule has 1 heterocycles. The second kappa shape index (κ2) is 4.34. The molecule has 0 amide bonds. The smallest absolute Gasteiger partial charge is 0.0994 e. The molecule has 17 heavy (non-hydrogen) atoms. The van der Waals surface area contributed by atoms with E-state index in [0.29, 0.717) is 0 Å². The third-order valence-electron chi connectivity index (χ3n) is 3.22. The molecule has 0 radical (unpaired) electrons. The van der Waals surface area contributed by atoms with Gasteiger partial charge >= 0.3 is 0 Å². The van der Waals surface area contributed by atoms with Gasteiger partial charge in [-0.3, -0.25) is 0 Å². The number of nitrogens with zero attached hydrogens (tertiary/aromatic N) is 2. The van der Waals surface area contributed by atoms with Crippen LogP contribution in [-0.4, -0.2) is 16.6 Å².